The molecule has 7 nitrogen and oxygen atoms in total. The van der Waals surface area contributed by atoms with E-state index in [2.05, 4.69) is 20.9 Å². The smallest absolute Gasteiger partial charge is 0.250 e. The predicted octanol–water partition coefficient (Wildman–Crippen LogP) is -0.643. The molecule has 3 N–H and O–H groups in total. The highest BCUT2D eigenvalue weighted by Gasteiger charge is 2.36. The minimum atomic E-state index is -0.234. The van der Waals surface area contributed by atoms with E-state index in [1.165, 1.54) is 6.07 Å². The Bertz CT molecular complexity index is 571. The fraction of sp³-hybridized carbons (Fsp3) is 0.571. The second kappa shape index (κ2) is 5.97. The fourth-order valence-corrected chi connectivity index (χ4v) is 2.86. The van der Waals surface area contributed by atoms with Gasteiger partial charge in [-0.2, -0.15) is 0 Å². The van der Waals surface area contributed by atoms with E-state index in [0.29, 0.717) is 18.8 Å². The number of hydrogen-bond donors (Lipinski definition) is 3. The Hall–Kier alpha value is -1.70. The molecule has 1 amide bonds. The van der Waals surface area contributed by atoms with Crippen molar-refractivity contribution in [3.05, 3.63) is 28.7 Å². The molecule has 114 valence electrons. The molecule has 7 heteroatoms. The van der Waals surface area contributed by atoms with Gasteiger partial charge in [0, 0.05) is 31.9 Å². The largest absolute Gasteiger partial charge is 0.323 e. The first-order valence-corrected chi connectivity index (χ1v) is 7.42. The number of carbonyl (C=O) groups excluding carboxylic acids is 1. The van der Waals surface area contributed by atoms with Crippen molar-refractivity contribution < 1.29 is 4.79 Å². The maximum Gasteiger partial charge on any atom is 0.250 e. The third-order valence-electron chi connectivity index (χ3n) is 4.01. The highest BCUT2D eigenvalue weighted by Crippen LogP contribution is 2.13. The van der Waals surface area contributed by atoms with Crippen molar-refractivity contribution in [3.63, 3.8) is 0 Å². The molecule has 0 spiro atoms. The van der Waals surface area contributed by atoms with E-state index < -0.39 is 0 Å². The van der Waals surface area contributed by atoms with E-state index in [1.54, 1.807) is 16.8 Å². The van der Waals surface area contributed by atoms with Gasteiger partial charge in [0.25, 0.3) is 5.56 Å². The lowest BCUT2D eigenvalue weighted by Gasteiger charge is -2.29. The van der Waals surface area contributed by atoms with E-state index in [4.69, 9.17) is 0 Å². The molecule has 3 rings (SSSR count). The lowest BCUT2D eigenvalue weighted by atomic mass is 10.2. The summed E-state index contributed by atoms with van der Waals surface area (Å²) in [5.74, 6) is -0.0625. The number of fused-ring (bicyclic) bond motifs is 1. The Labute approximate surface area is 123 Å². The monoisotopic (exact) mass is 291 g/mol. The van der Waals surface area contributed by atoms with Gasteiger partial charge in [-0.3, -0.25) is 25.1 Å². The third kappa shape index (κ3) is 2.99. The number of hydrogen-bond acceptors (Lipinski definition) is 5. The molecule has 0 bridgehead atoms. The summed E-state index contributed by atoms with van der Waals surface area (Å²) in [6, 6.07) is 2.89. The van der Waals surface area contributed by atoms with E-state index in [1.807, 2.05) is 6.92 Å². The summed E-state index contributed by atoms with van der Waals surface area (Å²) in [5, 5.41) is 9.51. The summed E-state index contributed by atoms with van der Waals surface area (Å²) in [6.45, 7) is 5.18. The molecule has 0 saturated carbocycles. The highest BCUT2D eigenvalue weighted by molar-refractivity contribution is 5.95. The second-order valence-corrected chi connectivity index (χ2v) is 5.46. The minimum absolute atomic E-state index is 0.0594. The van der Waals surface area contributed by atoms with Crippen LogP contribution in [0, 0.1) is 0 Å². The number of amides is 1. The Morgan fingerprint density at radius 2 is 2.33 bits per heavy atom. The first-order chi connectivity index (χ1) is 10.2. The summed E-state index contributed by atoms with van der Waals surface area (Å²) in [5.41, 5.74) is 0.594. The van der Waals surface area contributed by atoms with Crippen LogP contribution in [0.25, 0.3) is 0 Å². The van der Waals surface area contributed by atoms with E-state index in [0.717, 1.165) is 19.5 Å². The number of pyridine rings is 1. The minimum Gasteiger partial charge on any atom is -0.323 e. The van der Waals surface area contributed by atoms with Crippen molar-refractivity contribution in [2.24, 2.45) is 0 Å². The zero-order valence-electron chi connectivity index (χ0n) is 12.1. The van der Waals surface area contributed by atoms with Crippen molar-refractivity contribution in [2.45, 2.75) is 32.2 Å². The van der Waals surface area contributed by atoms with Crippen molar-refractivity contribution in [1.82, 2.24) is 20.1 Å². The molecule has 1 aromatic rings. The van der Waals surface area contributed by atoms with E-state index in [9.17, 15) is 9.59 Å². The Balaban J connectivity index is 1.65. The molecule has 1 aromatic heterocycles. The van der Waals surface area contributed by atoms with Gasteiger partial charge in [-0.15, -0.1) is 0 Å². The zero-order valence-corrected chi connectivity index (χ0v) is 12.1. The standard InChI is InChI=1S/C14H21N5O2/c1-2-18-8-10(4-5-12(18)20)16-13(21)11-9-19-7-3-6-15-14(19)17-11/h4-5,8,11,14-15,17H,2-3,6-7,9H2,1H3,(H,16,21). The maximum atomic E-state index is 12.3. The number of rotatable bonds is 3. The van der Waals surface area contributed by atoms with E-state index >= 15 is 0 Å². The molecule has 2 unspecified atom stereocenters. The van der Waals surface area contributed by atoms with Crippen molar-refractivity contribution >= 4 is 11.6 Å². The van der Waals surface area contributed by atoms with Crippen molar-refractivity contribution in [3.8, 4) is 0 Å². The summed E-state index contributed by atoms with van der Waals surface area (Å²) >= 11 is 0. The first kappa shape index (κ1) is 14.2. The molecule has 0 aromatic carbocycles. The van der Waals surface area contributed by atoms with Crippen LogP contribution in [0.1, 0.15) is 13.3 Å². The number of nitrogens with zero attached hydrogens (tertiary/aromatic N) is 2. The Morgan fingerprint density at radius 3 is 3.10 bits per heavy atom. The van der Waals surface area contributed by atoms with Gasteiger partial charge in [0.05, 0.1) is 5.69 Å². The van der Waals surface area contributed by atoms with Gasteiger partial charge < -0.3 is 9.88 Å². The molecule has 2 aliphatic heterocycles. The van der Waals surface area contributed by atoms with Crippen LogP contribution in [0.4, 0.5) is 5.69 Å². The molecule has 2 aliphatic rings. The van der Waals surface area contributed by atoms with Gasteiger partial charge in [0.15, 0.2) is 0 Å². The lowest BCUT2D eigenvalue weighted by Crippen LogP contribution is -2.53. The Kier molecular flexibility index (Phi) is 4.05. The Morgan fingerprint density at radius 1 is 1.48 bits per heavy atom. The number of carbonyl (C=O) groups is 1. The van der Waals surface area contributed by atoms with Gasteiger partial charge in [-0.05, 0) is 26.0 Å². The quantitative estimate of drug-likeness (QED) is 0.690. The maximum absolute atomic E-state index is 12.3. The molecule has 21 heavy (non-hydrogen) atoms. The van der Waals surface area contributed by atoms with E-state index in [-0.39, 0.29) is 23.8 Å². The molecule has 0 radical (unpaired) electrons. The van der Waals surface area contributed by atoms with Gasteiger partial charge in [0.2, 0.25) is 5.91 Å². The predicted molar refractivity (Wildman–Crippen MR) is 79.9 cm³/mol. The summed E-state index contributed by atoms with van der Waals surface area (Å²) in [6.07, 6.45) is 2.88. The SMILES string of the molecule is CCn1cc(NC(=O)C2CN3CCCNC3N2)ccc1=O. The van der Waals surface area contributed by atoms with Gasteiger partial charge in [-0.25, -0.2) is 0 Å². The molecular weight excluding hydrogens is 270 g/mol. The number of aromatic nitrogens is 1. The molecule has 2 fully saturated rings. The van der Waals surface area contributed by atoms with Crippen LogP contribution in [0.5, 0.6) is 0 Å². The van der Waals surface area contributed by atoms with Crippen LogP contribution in [0.3, 0.4) is 0 Å². The van der Waals surface area contributed by atoms with Gasteiger partial charge in [-0.1, -0.05) is 0 Å². The lowest BCUT2D eigenvalue weighted by molar-refractivity contribution is -0.117. The zero-order chi connectivity index (χ0) is 14.8. The second-order valence-electron chi connectivity index (χ2n) is 5.46. The van der Waals surface area contributed by atoms with Crippen LogP contribution in [0.2, 0.25) is 0 Å². The van der Waals surface area contributed by atoms with Crippen LogP contribution in [-0.2, 0) is 11.3 Å². The molecule has 3 heterocycles. The normalized spacial score (nSPS) is 25.6. The summed E-state index contributed by atoms with van der Waals surface area (Å²) in [4.78, 5) is 26.1. The molecule has 2 atom stereocenters. The topological polar surface area (TPSA) is 78.4 Å². The number of aryl methyl sites for hydroxylation is 1. The van der Waals surface area contributed by atoms with Gasteiger partial charge >= 0.3 is 0 Å². The molecular formula is C14H21N5O2. The average molecular weight is 291 g/mol. The third-order valence-corrected chi connectivity index (χ3v) is 4.01. The summed E-state index contributed by atoms with van der Waals surface area (Å²) < 4.78 is 1.57. The average Bonchev–Trinajstić information content (AvgIpc) is 2.93. The van der Waals surface area contributed by atoms with Crippen molar-refractivity contribution in [1.29, 1.82) is 0 Å². The molecule has 0 aliphatic carbocycles. The van der Waals surface area contributed by atoms with Crippen LogP contribution in [0.15, 0.2) is 23.1 Å². The van der Waals surface area contributed by atoms with Crippen LogP contribution >= 0.6 is 0 Å². The molecule has 2 saturated heterocycles. The highest BCUT2D eigenvalue weighted by atomic mass is 16.2. The van der Waals surface area contributed by atoms with Crippen LogP contribution in [-0.4, -0.2) is 47.3 Å². The number of nitrogens with one attached hydrogen (secondary N) is 3. The van der Waals surface area contributed by atoms with Gasteiger partial charge in [0.1, 0.15) is 12.3 Å². The fourth-order valence-electron chi connectivity index (χ4n) is 2.86. The summed E-state index contributed by atoms with van der Waals surface area (Å²) in [7, 11) is 0. The number of anilines is 1. The van der Waals surface area contributed by atoms with Crippen molar-refractivity contribution in [2.75, 3.05) is 25.0 Å². The van der Waals surface area contributed by atoms with Crippen LogP contribution < -0.4 is 21.5 Å². The first-order valence-electron chi connectivity index (χ1n) is 7.42.